The van der Waals surface area contributed by atoms with E-state index in [0.29, 0.717) is 33.5 Å². The number of carboxylic acid groups (broad SMARTS) is 1. The van der Waals surface area contributed by atoms with Gasteiger partial charge in [-0.2, -0.15) is 22.6 Å². The van der Waals surface area contributed by atoms with E-state index in [4.69, 9.17) is 4.74 Å². The smallest absolute Gasteiger partial charge is 0.421 e. The Morgan fingerprint density at radius 1 is 1.33 bits per heavy atom. The summed E-state index contributed by atoms with van der Waals surface area (Å²) in [5.74, 6) is 0. The summed E-state index contributed by atoms with van der Waals surface area (Å²) < 4.78 is 69.8. The Morgan fingerprint density at radius 2 is 1.93 bits per heavy atom. The fourth-order valence-corrected chi connectivity index (χ4v) is 3.93. The number of nitrogens with zero attached hydrogens (tertiary/aromatic N) is 3. The number of hydrogen-bond donors (Lipinski definition) is 1. The fourth-order valence-electron chi connectivity index (χ4n) is 2.10. The van der Waals surface area contributed by atoms with Gasteiger partial charge in [-0.25, -0.2) is 17.9 Å². The van der Waals surface area contributed by atoms with E-state index in [1.54, 1.807) is 22.6 Å². The van der Waals surface area contributed by atoms with Crippen molar-refractivity contribution in [2.75, 3.05) is 7.11 Å². The minimum Gasteiger partial charge on any atom is -0.464 e. The highest BCUT2D eigenvalue weighted by Crippen LogP contribution is 2.30. The molecule has 1 aromatic carbocycles. The zero-order valence-corrected chi connectivity index (χ0v) is 16.6. The SMILES string of the molecule is COCn1cc(CN(C(=O)O)S(=O)(=O)c2ccc(C(F)(F)F)cc2)c(I)n1. The molecule has 8 nitrogen and oxygen atoms in total. The third-order valence-corrected chi connectivity index (χ3v) is 5.99. The number of aromatic nitrogens is 2. The van der Waals surface area contributed by atoms with Gasteiger partial charge in [-0.3, -0.25) is 0 Å². The average molecular weight is 519 g/mol. The lowest BCUT2D eigenvalue weighted by Crippen LogP contribution is -2.35. The quantitative estimate of drug-likeness (QED) is 0.590. The van der Waals surface area contributed by atoms with Crippen molar-refractivity contribution in [3.8, 4) is 0 Å². The zero-order valence-electron chi connectivity index (χ0n) is 13.6. The Bertz CT molecular complexity index is 928. The van der Waals surface area contributed by atoms with E-state index >= 15 is 0 Å². The summed E-state index contributed by atoms with van der Waals surface area (Å²) in [5, 5.41) is 13.4. The van der Waals surface area contributed by atoms with Crippen LogP contribution in [0.3, 0.4) is 0 Å². The Morgan fingerprint density at radius 3 is 2.41 bits per heavy atom. The van der Waals surface area contributed by atoms with E-state index in [1.807, 2.05) is 0 Å². The maximum atomic E-state index is 12.6. The van der Waals surface area contributed by atoms with Gasteiger partial charge in [0.1, 0.15) is 10.4 Å². The van der Waals surface area contributed by atoms with E-state index in [1.165, 1.54) is 18.0 Å². The number of methoxy groups -OCH3 is 1. The number of sulfonamides is 1. The summed E-state index contributed by atoms with van der Waals surface area (Å²) in [4.78, 5) is 10.9. The van der Waals surface area contributed by atoms with Gasteiger partial charge in [-0.05, 0) is 46.9 Å². The van der Waals surface area contributed by atoms with Gasteiger partial charge in [0.05, 0.1) is 17.0 Å². The van der Waals surface area contributed by atoms with Gasteiger partial charge in [0.25, 0.3) is 10.0 Å². The largest absolute Gasteiger partial charge is 0.464 e. The molecule has 0 fully saturated rings. The molecule has 0 aliphatic carbocycles. The van der Waals surface area contributed by atoms with Crippen LogP contribution in [0.1, 0.15) is 11.1 Å². The molecule has 0 saturated heterocycles. The molecule has 1 aromatic heterocycles. The number of benzene rings is 1. The van der Waals surface area contributed by atoms with Crippen molar-refractivity contribution >= 4 is 38.7 Å². The van der Waals surface area contributed by atoms with Gasteiger partial charge in [0.2, 0.25) is 0 Å². The molecule has 1 heterocycles. The van der Waals surface area contributed by atoms with Crippen molar-refractivity contribution in [3.63, 3.8) is 0 Å². The van der Waals surface area contributed by atoms with Gasteiger partial charge in [0.15, 0.2) is 0 Å². The van der Waals surface area contributed by atoms with E-state index < -0.39 is 39.3 Å². The second-order valence-corrected chi connectivity index (χ2v) is 8.10. The van der Waals surface area contributed by atoms with Crippen LogP contribution < -0.4 is 0 Å². The Hall–Kier alpha value is -1.87. The summed E-state index contributed by atoms with van der Waals surface area (Å²) >= 11 is 1.81. The van der Waals surface area contributed by atoms with Crippen LogP contribution in [-0.4, -0.2) is 40.8 Å². The monoisotopic (exact) mass is 519 g/mol. The van der Waals surface area contributed by atoms with Gasteiger partial charge < -0.3 is 9.84 Å². The van der Waals surface area contributed by atoms with Crippen LogP contribution in [0.25, 0.3) is 0 Å². The highest BCUT2D eigenvalue weighted by Gasteiger charge is 2.33. The van der Waals surface area contributed by atoms with Gasteiger partial charge in [-0.1, -0.05) is 0 Å². The summed E-state index contributed by atoms with van der Waals surface area (Å²) in [6, 6.07) is 2.58. The molecule has 27 heavy (non-hydrogen) atoms. The molecule has 1 amide bonds. The highest BCUT2D eigenvalue weighted by molar-refractivity contribution is 14.1. The summed E-state index contributed by atoms with van der Waals surface area (Å²) in [5.41, 5.74) is -0.746. The van der Waals surface area contributed by atoms with Crippen molar-refractivity contribution in [1.82, 2.24) is 14.1 Å². The van der Waals surface area contributed by atoms with Crippen molar-refractivity contribution < 1.29 is 36.2 Å². The minimum atomic E-state index is -4.64. The van der Waals surface area contributed by atoms with Crippen LogP contribution in [0.15, 0.2) is 35.4 Å². The van der Waals surface area contributed by atoms with Crippen molar-refractivity contribution in [3.05, 3.63) is 45.3 Å². The molecule has 0 saturated carbocycles. The van der Waals surface area contributed by atoms with Crippen LogP contribution >= 0.6 is 22.6 Å². The molecule has 0 unspecified atom stereocenters. The molecule has 2 rings (SSSR count). The first-order valence-electron chi connectivity index (χ1n) is 7.10. The summed E-state index contributed by atoms with van der Waals surface area (Å²) in [6.45, 7) is -0.477. The van der Waals surface area contributed by atoms with Crippen molar-refractivity contribution in [2.45, 2.75) is 24.3 Å². The van der Waals surface area contributed by atoms with E-state index in [2.05, 4.69) is 5.10 Å². The first-order valence-corrected chi connectivity index (χ1v) is 9.62. The molecule has 13 heteroatoms. The summed E-state index contributed by atoms with van der Waals surface area (Å²) in [6.07, 6.45) is -4.99. The first kappa shape index (κ1) is 21.4. The Balaban J connectivity index is 2.36. The second kappa shape index (κ2) is 8.02. The topological polar surface area (TPSA) is 102 Å². The van der Waals surface area contributed by atoms with Gasteiger partial charge in [-0.15, -0.1) is 0 Å². The van der Waals surface area contributed by atoms with Crippen LogP contribution in [-0.2, 0) is 34.2 Å². The van der Waals surface area contributed by atoms with Crippen molar-refractivity contribution in [2.24, 2.45) is 0 Å². The van der Waals surface area contributed by atoms with E-state index in [-0.39, 0.29) is 11.0 Å². The number of hydrogen-bond acceptors (Lipinski definition) is 5. The number of carbonyl (C=O) groups is 1. The fraction of sp³-hybridized carbons (Fsp3) is 0.286. The molecule has 2 aromatic rings. The van der Waals surface area contributed by atoms with E-state index in [9.17, 15) is 31.5 Å². The third-order valence-electron chi connectivity index (χ3n) is 3.34. The Kier molecular flexibility index (Phi) is 6.36. The standard InChI is InChI=1S/C14H13F3IN3O5S/c1-26-8-20-6-9(12(18)19-20)7-21(13(22)23)27(24,25)11-4-2-10(3-5-11)14(15,16)17/h2-6H,7-8H2,1H3,(H,22,23). The van der Waals surface area contributed by atoms with E-state index in [0.717, 1.165) is 0 Å². The lowest BCUT2D eigenvalue weighted by Gasteiger charge is -2.19. The molecule has 0 aliphatic heterocycles. The molecule has 148 valence electrons. The molecular weight excluding hydrogens is 506 g/mol. The number of ether oxygens (including phenoxy) is 1. The van der Waals surface area contributed by atoms with Crippen LogP contribution in [0.2, 0.25) is 0 Å². The number of rotatable bonds is 6. The maximum absolute atomic E-state index is 12.6. The predicted molar refractivity (Wildman–Crippen MR) is 94.2 cm³/mol. The maximum Gasteiger partial charge on any atom is 0.421 e. The van der Waals surface area contributed by atoms with Gasteiger partial charge in [0, 0.05) is 18.9 Å². The number of amides is 1. The van der Waals surface area contributed by atoms with Gasteiger partial charge >= 0.3 is 12.3 Å². The number of halogens is 4. The molecular formula is C14H13F3IN3O5S. The first-order chi connectivity index (χ1) is 12.5. The highest BCUT2D eigenvalue weighted by atomic mass is 127. The van der Waals surface area contributed by atoms with Crippen molar-refractivity contribution in [1.29, 1.82) is 0 Å². The average Bonchev–Trinajstić information content (AvgIpc) is 2.91. The molecule has 1 N–H and O–H groups in total. The molecule has 0 atom stereocenters. The lowest BCUT2D eigenvalue weighted by atomic mass is 10.2. The molecule has 0 spiro atoms. The third kappa shape index (κ3) is 4.90. The van der Waals surface area contributed by atoms with Crippen LogP contribution in [0.4, 0.5) is 18.0 Å². The van der Waals surface area contributed by atoms with Crippen LogP contribution in [0.5, 0.6) is 0 Å². The molecule has 0 radical (unpaired) electrons. The minimum absolute atomic E-state index is 0.0781. The Labute approximate surface area is 165 Å². The number of alkyl halides is 3. The zero-order chi connectivity index (χ0) is 20.4. The second-order valence-electron chi connectivity index (χ2n) is 5.22. The van der Waals surface area contributed by atoms with Crippen LogP contribution in [0, 0.1) is 3.70 Å². The predicted octanol–water partition coefficient (Wildman–Crippen LogP) is 2.98. The summed E-state index contributed by atoms with van der Waals surface area (Å²) in [7, 11) is -3.16. The lowest BCUT2D eigenvalue weighted by molar-refractivity contribution is -0.137. The normalized spacial score (nSPS) is 12.2. The molecule has 0 aliphatic rings. The molecule has 0 bridgehead atoms.